The minimum Gasteiger partial charge on any atom is -0.398 e. The van der Waals surface area contributed by atoms with Crippen molar-refractivity contribution >= 4 is 15.7 Å². The molecule has 0 bridgehead atoms. The van der Waals surface area contributed by atoms with Gasteiger partial charge in [0.1, 0.15) is 4.90 Å². The molecule has 0 spiro atoms. The van der Waals surface area contributed by atoms with Crippen LogP contribution >= 0.6 is 0 Å². The Labute approximate surface area is 126 Å². The average molecular weight is 310 g/mol. The summed E-state index contributed by atoms with van der Waals surface area (Å²) in [5.41, 5.74) is 6.05. The van der Waals surface area contributed by atoms with Gasteiger partial charge >= 0.3 is 0 Å². The molecule has 2 N–H and O–H groups in total. The van der Waals surface area contributed by atoms with E-state index in [4.69, 9.17) is 5.73 Å². The zero-order valence-electron chi connectivity index (χ0n) is 12.1. The van der Waals surface area contributed by atoms with Crippen LogP contribution in [0.15, 0.2) is 23.4 Å². The van der Waals surface area contributed by atoms with Crippen molar-refractivity contribution in [3.8, 4) is 0 Å². The normalized spacial score (nSPS) is 22.7. The Hall–Kier alpha value is -1.18. The maximum atomic E-state index is 12.6. The zero-order chi connectivity index (χ0) is 14.9. The Bertz CT molecular complexity index is 591. The fraction of sp³-hybridized carbons (Fsp3) is 0.643. The van der Waals surface area contributed by atoms with E-state index in [2.05, 4.69) is 9.88 Å². The summed E-state index contributed by atoms with van der Waals surface area (Å²) in [4.78, 5) is 6.45. The van der Waals surface area contributed by atoms with Crippen LogP contribution in [0.1, 0.15) is 25.7 Å². The molecule has 3 rings (SSSR count). The van der Waals surface area contributed by atoms with E-state index in [0.29, 0.717) is 19.1 Å². The predicted octanol–water partition coefficient (Wildman–Crippen LogP) is 0.913. The molecule has 1 aliphatic carbocycles. The molecule has 6 nitrogen and oxygen atoms in total. The predicted molar refractivity (Wildman–Crippen MR) is 81.2 cm³/mol. The highest BCUT2D eigenvalue weighted by Crippen LogP contribution is 2.26. The van der Waals surface area contributed by atoms with Crippen molar-refractivity contribution < 1.29 is 8.42 Å². The molecule has 0 atom stereocenters. The highest BCUT2D eigenvalue weighted by molar-refractivity contribution is 7.89. The average Bonchev–Trinajstić information content (AvgIpc) is 3.02. The number of sulfonamides is 1. The highest BCUT2D eigenvalue weighted by Gasteiger charge is 2.32. The maximum Gasteiger partial charge on any atom is 0.246 e. The third kappa shape index (κ3) is 2.90. The zero-order valence-corrected chi connectivity index (χ0v) is 12.9. The van der Waals surface area contributed by atoms with Crippen LogP contribution < -0.4 is 5.73 Å². The van der Waals surface area contributed by atoms with Crippen LogP contribution in [0.2, 0.25) is 0 Å². The molecule has 1 aromatic rings. The summed E-state index contributed by atoms with van der Waals surface area (Å²) >= 11 is 0. The van der Waals surface area contributed by atoms with Crippen molar-refractivity contribution in [1.29, 1.82) is 0 Å². The number of aromatic nitrogens is 1. The number of hydrogen-bond acceptors (Lipinski definition) is 5. The molecule has 116 valence electrons. The number of nitrogens with two attached hydrogens (primary N) is 1. The summed E-state index contributed by atoms with van der Waals surface area (Å²) in [7, 11) is -3.52. The third-order valence-electron chi connectivity index (χ3n) is 4.55. The van der Waals surface area contributed by atoms with Gasteiger partial charge in [-0.2, -0.15) is 4.31 Å². The van der Waals surface area contributed by atoms with Gasteiger partial charge in [-0.1, -0.05) is 12.8 Å². The third-order valence-corrected chi connectivity index (χ3v) is 6.49. The molecule has 1 saturated carbocycles. The van der Waals surface area contributed by atoms with Crippen LogP contribution in [0, 0.1) is 0 Å². The molecule has 1 saturated heterocycles. The van der Waals surface area contributed by atoms with E-state index in [0.717, 1.165) is 13.1 Å². The monoisotopic (exact) mass is 310 g/mol. The molecule has 2 heterocycles. The molecule has 0 amide bonds. The van der Waals surface area contributed by atoms with Crippen LogP contribution in [0.25, 0.3) is 0 Å². The largest absolute Gasteiger partial charge is 0.398 e. The lowest BCUT2D eigenvalue weighted by atomic mass is 10.2. The maximum absolute atomic E-state index is 12.6. The minimum absolute atomic E-state index is 0.124. The fourth-order valence-electron chi connectivity index (χ4n) is 3.32. The van der Waals surface area contributed by atoms with Crippen molar-refractivity contribution in [2.75, 3.05) is 31.9 Å². The Kier molecular flexibility index (Phi) is 4.14. The van der Waals surface area contributed by atoms with E-state index < -0.39 is 10.0 Å². The number of rotatable bonds is 3. The lowest BCUT2D eigenvalue weighted by Crippen LogP contribution is -2.51. The first kappa shape index (κ1) is 14.7. The summed E-state index contributed by atoms with van der Waals surface area (Å²) in [5, 5.41) is 0. The van der Waals surface area contributed by atoms with Gasteiger partial charge in [0.05, 0.1) is 5.69 Å². The number of hydrogen-bond donors (Lipinski definition) is 1. The first-order valence-corrected chi connectivity index (χ1v) is 8.97. The first-order valence-electron chi connectivity index (χ1n) is 7.53. The fourth-order valence-corrected chi connectivity index (χ4v) is 4.81. The van der Waals surface area contributed by atoms with Crippen molar-refractivity contribution in [2.24, 2.45) is 0 Å². The number of nitrogens with zero attached hydrogens (tertiary/aromatic N) is 3. The molecule has 7 heteroatoms. The van der Waals surface area contributed by atoms with Crippen LogP contribution in [0.5, 0.6) is 0 Å². The molecule has 2 fully saturated rings. The van der Waals surface area contributed by atoms with Crippen LogP contribution in [-0.4, -0.2) is 54.8 Å². The summed E-state index contributed by atoms with van der Waals surface area (Å²) in [6.45, 7) is 2.69. The second kappa shape index (κ2) is 5.90. The van der Waals surface area contributed by atoms with Crippen LogP contribution in [0.4, 0.5) is 5.69 Å². The van der Waals surface area contributed by atoms with Gasteiger partial charge in [-0.05, 0) is 18.9 Å². The van der Waals surface area contributed by atoms with Gasteiger partial charge in [-0.15, -0.1) is 0 Å². The topological polar surface area (TPSA) is 79.5 Å². The standard InChI is InChI=1S/C14H22N4O2S/c15-13-5-6-16-11-14(13)21(19,20)18-9-7-17(8-10-18)12-3-1-2-4-12/h5-6,11-12H,1-4,7-10H2,(H2,15,16). The SMILES string of the molecule is Nc1ccncc1S(=O)(=O)N1CCN(C2CCCC2)CC1. The smallest absolute Gasteiger partial charge is 0.246 e. The van der Waals surface area contributed by atoms with Crippen molar-refractivity contribution in [3.05, 3.63) is 18.5 Å². The molecular weight excluding hydrogens is 288 g/mol. The van der Waals surface area contributed by atoms with E-state index in [-0.39, 0.29) is 10.6 Å². The van der Waals surface area contributed by atoms with Crippen molar-refractivity contribution in [1.82, 2.24) is 14.2 Å². The van der Waals surface area contributed by atoms with E-state index >= 15 is 0 Å². The lowest BCUT2D eigenvalue weighted by Gasteiger charge is -2.37. The summed E-state index contributed by atoms with van der Waals surface area (Å²) < 4.78 is 26.8. The Morgan fingerprint density at radius 3 is 2.43 bits per heavy atom. The number of piperazine rings is 1. The number of anilines is 1. The molecule has 21 heavy (non-hydrogen) atoms. The van der Waals surface area contributed by atoms with E-state index in [1.807, 2.05) is 0 Å². The van der Waals surface area contributed by atoms with Gasteiger partial charge in [0.15, 0.2) is 0 Å². The number of pyridine rings is 1. The quantitative estimate of drug-likeness (QED) is 0.898. The second-order valence-corrected chi connectivity index (χ2v) is 7.70. The first-order chi connectivity index (χ1) is 10.1. The highest BCUT2D eigenvalue weighted by atomic mass is 32.2. The van der Waals surface area contributed by atoms with Crippen molar-refractivity contribution in [2.45, 2.75) is 36.6 Å². The Morgan fingerprint density at radius 2 is 1.81 bits per heavy atom. The minimum atomic E-state index is -3.52. The summed E-state index contributed by atoms with van der Waals surface area (Å²) in [6.07, 6.45) is 7.95. The van der Waals surface area contributed by atoms with Gasteiger partial charge in [0.2, 0.25) is 10.0 Å². The number of nitrogen functional groups attached to an aromatic ring is 1. The van der Waals surface area contributed by atoms with Gasteiger partial charge in [-0.25, -0.2) is 8.42 Å². The van der Waals surface area contributed by atoms with Crippen LogP contribution in [0.3, 0.4) is 0 Å². The molecular formula is C14H22N4O2S. The van der Waals surface area contributed by atoms with Crippen LogP contribution in [-0.2, 0) is 10.0 Å². The van der Waals surface area contributed by atoms with E-state index in [9.17, 15) is 8.42 Å². The van der Waals surface area contributed by atoms with E-state index in [1.165, 1.54) is 48.4 Å². The summed E-state index contributed by atoms with van der Waals surface area (Å²) in [5.74, 6) is 0. The van der Waals surface area contributed by atoms with Gasteiger partial charge in [0, 0.05) is 44.6 Å². The molecule has 0 aromatic carbocycles. The molecule has 1 aliphatic heterocycles. The molecule has 0 radical (unpaired) electrons. The lowest BCUT2D eigenvalue weighted by molar-refractivity contribution is 0.139. The van der Waals surface area contributed by atoms with E-state index in [1.54, 1.807) is 0 Å². The second-order valence-electron chi connectivity index (χ2n) is 5.79. The Morgan fingerprint density at radius 1 is 1.14 bits per heavy atom. The molecule has 2 aliphatic rings. The van der Waals surface area contributed by atoms with Gasteiger partial charge < -0.3 is 5.73 Å². The summed E-state index contributed by atoms with van der Waals surface area (Å²) in [6, 6.07) is 2.18. The molecule has 0 unspecified atom stereocenters. The molecule has 1 aromatic heterocycles. The Balaban J connectivity index is 1.70. The van der Waals surface area contributed by atoms with Gasteiger partial charge in [-0.3, -0.25) is 9.88 Å². The van der Waals surface area contributed by atoms with Gasteiger partial charge in [0.25, 0.3) is 0 Å². The van der Waals surface area contributed by atoms with Crippen molar-refractivity contribution in [3.63, 3.8) is 0 Å².